The van der Waals surface area contributed by atoms with Gasteiger partial charge in [-0.1, -0.05) is 108 Å². The maximum absolute atomic E-state index is 12.4. The van der Waals surface area contributed by atoms with Gasteiger partial charge < -0.3 is 60.5 Å². The molecule has 12 heteroatoms. The monoisotopic (exact) mass is 789 g/mol. The number of rotatable bonds is 3. The van der Waals surface area contributed by atoms with Gasteiger partial charge in [0.15, 0.2) is 11.5 Å². The summed E-state index contributed by atoms with van der Waals surface area (Å²) in [7, 11) is 0. The van der Waals surface area contributed by atoms with Crippen LogP contribution in [0.1, 0.15) is 0 Å². The second-order valence-corrected chi connectivity index (χ2v) is 14.3. The van der Waals surface area contributed by atoms with Crippen LogP contribution < -0.4 is 15.3 Å². The average molecular weight is 790 g/mol. The van der Waals surface area contributed by atoms with Gasteiger partial charge in [0.2, 0.25) is 0 Å². The third-order valence-corrected chi connectivity index (χ3v) is 10.8. The maximum atomic E-state index is 12.4. The van der Waals surface area contributed by atoms with Gasteiger partial charge in [0.1, 0.15) is 22.8 Å². The minimum atomic E-state index is -0.149. The number of nitrogens with one attached hydrogen (secondary N) is 6. The van der Waals surface area contributed by atoms with Crippen LogP contribution in [-0.2, 0) is 0 Å². The summed E-state index contributed by atoms with van der Waals surface area (Å²) in [4.78, 5) is 18.5. The van der Waals surface area contributed by atoms with Crippen LogP contribution in [0, 0.1) is 0 Å². The third kappa shape index (κ3) is 5.78. The molecule has 0 aliphatic rings. The van der Waals surface area contributed by atoms with Crippen molar-refractivity contribution >= 4 is 65.4 Å². The lowest BCUT2D eigenvalue weighted by molar-refractivity contribution is -0.268. The molecule has 6 aromatic heterocycles. The number of aromatic nitrogens is 6. The van der Waals surface area contributed by atoms with Crippen molar-refractivity contribution in [3.8, 4) is 68.7 Å². The van der Waals surface area contributed by atoms with Gasteiger partial charge >= 0.3 is 0 Å². The molecule has 0 aliphatic heterocycles. The zero-order valence-electron chi connectivity index (χ0n) is 31.4. The van der Waals surface area contributed by atoms with Crippen LogP contribution in [0.4, 0.5) is 0 Å². The number of para-hydroxylation sites is 6. The third-order valence-electron chi connectivity index (χ3n) is 10.8. The minimum Gasteiger partial charge on any atom is -0.871 e. The van der Waals surface area contributed by atoms with Crippen LogP contribution in [0.15, 0.2) is 146 Å². The Labute approximate surface area is 339 Å². The van der Waals surface area contributed by atoms with Gasteiger partial charge in [-0.2, -0.15) is 0 Å². The summed E-state index contributed by atoms with van der Waals surface area (Å²) in [5, 5.41) is 72.1. The van der Waals surface area contributed by atoms with Crippen LogP contribution >= 0.6 is 0 Å². The first kappa shape index (κ1) is 35.8. The molecule has 12 rings (SSSR count). The van der Waals surface area contributed by atoms with Crippen LogP contribution in [-0.4, -0.2) is 45.2 Å². The van der Waals surface area contributed by atoms with E-state index in [1.165, 1.54) is 0 Å². The van der Waals surface area contributed by atoms with Crippen molar-refractivity contribution in [2.24, 2.45) is 0 Å². The Balaban J connectivity index is 0.000000108. The predicted octanol–water partition coefficient (Wildman–Crippen LogP) is 9.29. The van der Waals surface area contributed by atoms with Crippen molar-refractivity contribution in [2.45, 2.75) is 0 Å². The number of benzene rings is 6. The van der Waals surface area contributed by atoms with E-state index < -0.39 is 0 Å². The number of hydrogen-bond donors (Lipinski definition) is 9. The fourth-order valence-electron chi connectivity index (χ4n) is 7.80. The summed E-state index contributed by atoms with van der Waals surface area (Å²) in [6.45, 7) is 0. The summed E-state index contributed by atoms with van der Waals surface area (Å²) >= 11 is 0. The van der Waals surface area contributed by atoms with Crippen molar-refractivity contribution < 1.29 is 30.6 Å². The van der Waals surface area contributed by atoms with E-state index in [4.69, 9.17) is 0 Å². The Morgan fingerprint density at radius 2 is 0.433 bits per heavy atom. The van der Waals surface area contributed by atoms with Gasteiger partial charge in [0.25, 0.3) is 0 Å². The first-order valence-electron chi connectivity index (χ1n) is 19.0. The van der Waals surface area contributed by atoms with E-state index in [2.05, 4.69) is 29.9 Å². The molecule has 0 radical (unpaired) electrons. The molecule has 294 valence electrons. The molecule has 0 atom stereocenters. The molecule has 0 amide bonds. The number of aromatic amines is 6. The summed E-state index contributed by atoms with van der Waals surface area (Å²) in [6, 6.07) is 44.2. The van der Waals surface area contributed by atoms with Crippen molar-refractivity contribution in [3.05, 3.63) is 146 Å². The standard InChI is InChI=1S/3C16H12N2O2/c3*19-15-9-5-1-3-7-11(9)17-13(15)14-16(20)10-6-2-4-8-12(10)18-14/h3*1-8,17-20H/p-3. The van der Waals surface area contributed by atoms with E-state index in [1.54, 1.807) is 18.2 Å². The largest absolute Gasteiger partial charge is 0.871 e. The molecule has 0 saturated carbocycles. The summed E-state index contributed by atoms with van der Waals surface area (Å²) in [5.41, 5.74) is 7.20. The molecular formula is C48H33N6O6-3. The van der Waals surface area contributed by atoms with E-state index in [1.807, 2.05) is 127 Å². The first-order valence-corrected chi connectivity index (χ1v) is 19.0. The molecular weight excluding hydrogens is 757 g/mol. The highest BCUT2D eigenvalue weighted by molar-refractivity contribution is 6.02. The van der Waals surface area contributed by atoms with Gasteiger partial charge in [-0.25, -0.2) is 0 Å². The van der Waals surface area contributed by atoms with Gasteiger partial charge in [-0.05, 0) is 70.8 Å². The van der Waals surface area contributed by atoms with Crippen molar-refractivity contribution in [3.63, 3.8) is 0 Å². The molecule has 9 N–H and O–H groups in total. The fourth-order valence-corrected chi connectivity index (χ4v) is 7.80. The Hall–Kier alpha value is -8.64. The van der Waals surface area contributed by atoms with Crippen LogP contribution in [0.3, 0.4) is 0 Å². The topological polar surface area (TPSA) is 225 Å². The maximum Gasteiger partial charge on any atom is 0.150 e. The predicted molar refractivity (Wildman–Crippen MR) is 230 cm³/mol. The van der Waals surface area contributed by atoms with E-state index in [9.17, 15) is 30.6 Å². The van der Waals surface area contributed by atoms with E-state index in [-0.39, 0.29) is 34.5 Å². The molecule has 0 spiro atoms. The van der Waals surface area contributed by atoms with E-state index in [0.717, 1.165) is 43.9 Å². The SMILES string of the molecule is Oc1c(-c2[nH]c3ccccc3c2O)[nH]c2ccccc12.[O-]c1c(-c2[nH]c3ccccc3c2O)[nH]c2ccccc12.[O-]c1c(-c2[nH]c3ccccc3c2[O-])[nH]c2ccccc12. The lowest BCUT2D eigenvalue weighted by Gasteiger charge is -2.11. The highest BCUT2D eigenvalue weighted by Crippen LogP contribution is 2.44. The van der Waals surface area contributed by atoms with Crippen LogP contribution in [0.5, 0.6) is 34.5 Å². The summed E-state index contributed by atoms with van der Waals surface area (Å²) in [5.74, 6) is -0.0230. The number of fused-ring (bicyclic) bond motifs is 6. The molecule has 0 aliphatic carbocycles. The second kappa shape index (κ2) is 14.1. The molecule has 60 heavy (non-hydrogen) atoms. The number of hydrogen-bond acceptors (Lipinski definition) is 6. The van der Waals surface area contributed by atoms with Crippen LogP contribution in [0.25, 0.3) is 99.6 Å². The Morgan fingerprint density at radius 1 is 0.250 bits per heavy atom. The molecule has 12 aromatic rings. The Bertz CT molecular complexity index is 2940. The summed E-state index contributed by atoms with van der Waals surface area (Å²) < 4.78 is 0. The van der Waals surface area contributed by atoms with Gasteiger partial charge in [0.05, 0.1) is 17.1 Å². The minimum absolute atomic E-state index is 0.101. The summed E-state index contributed by atoms with van der Waals surface area (Å²) in [6.07, 6.45) is 0. The lowest BCUT2D eigenvalue weighted by Crippen LogP contribution is -1.95. The molecule has 0 fully saturated rings. The zero-order chi connectivity index (χ0) is 41.1. The van der Waals surface area contributed by atoms with Crippen molar-refractivity contribution in [1.29, 1.82) is 0 Å². The Kier molecular flexibility index (Phi) is 8.39. The van der Waals surface area contributed by atoms with Gasteiger partial charge in [-0.3, -0.25) is 0 Å². The fraction of sp³-hybridized carbons (Fsp3) is 0. The van der Waals surface area contributed by atoms with Gasteiger partial charge in [0, 0.05) is 49.3 Å². The highest BCUT2D eigenvalue weighted by Gasteiger charge is 2.19. The smallest absolute Gasteiger partial charge is 0.150 e. The molecule has 6 heterocycles. The normalized spacial score (nSPS) is 11.4. The number of H-pyrrole nitrogens is 6. The molecule has 0 bridgehead atoms. The van der Waals surface area contributed by atoms with E-state index >= 15 is 0 Å². The zero-order valence-corrected chi connectivity index (χ0v) is 31.4. The molecule has 6 aromatic carbocycles. The van der Waals surface area contributed by atoms with Crippen molar-refractivity contribution in [1.82, 2.24) is 29.9 Å². The molecule has 0 unspecified atom stereocenters. The average Bonchev–Trinajstić information content (AvgIpc) is 4.13. The number of aromatic hydroxyl groups is 3. The Morgan fingerprint density at radius 3 is 0.683 bits per heavy atom. The second-order valence-electron chi connectivity index (χ2n) is 14.3. The molecule has 12 nitrogen and oxygen atoms in total. The van der Waals surface area contributed by atoms with Crippen molar-refractivity contribution in [2.75, 3.05) is 0 Å². The highest BCUT2D eigenvalue weighted by atomic mass is 16.3. The quantitative estimate of drug-likeness (QED) is 0.0847. The van der Waals surface area contributed by atoms with Gasteiger partial charge in [-0.15, -0.1) is 0 Å². The first-order chi connectivity index (χ1) is 29.3. The molecule has 0 saturated heterocycles. The van der Waals surface area contributed by atoms with E-state index in [0.29, 0.717) is 55.7 Å². The van der Waals surface area contributed by atoms with Crippen LogP contribution in [0.2, 0.25) is 0 Å². The lowest BCUT2D eigenvalue weighted by atomic mass is 10.2.